The minimum atomic E-state index is -0.231. The fourth-order valence-electron chi connectivity index (χ4n) is 2.82. The number of carbonyl (C=O) groups excluding carboxylic acids is 1. The average Bonchev–Trinajstić information content (AvgIpc) is 2.45. The van der Waals surface area contributed by atoms with Crippen molar-refractivity contribution >= 4 is 5.91 Å². The standard InChI is InChI=1S/C15H30N2O3/c1-3-4-13(7-8-16)5-6-15(19)17-9-14(10-18)20-11-12(17)2/h12-14,18H,3-11,16H2,1-2H3. The molecule has 1 aliphatic rings. The molecule has 1 aliphatic heterocycles. The lowest BCUT2D eigenvalue weighted by molar-refractivity contribution is -0.146. The van der Waals surface area contributed by atoms with Gasteiger partial charge in [0.1, 0.15) is 0 Å². The number of morpholine rings is 1. The van der Waals surface area contributed by atoms with E-state index in [-0.39, 0.29) is 24.7 Å². The maximum atomic E-state index is 12.3. The molecule has 1 heterocycles. The highest BCUT2D eigenvalue weighted by molar-refractivity contribution is 5.76. The second-order valence-corrected chi connectivity index (χ2v) is 5.80. The van der Waals surface area contributed by atoms with Gasteiger partial charge in [-0.05, 0) is 32.2 Å². The highest BCUT2D eigenvalue weighted by atomic mass is 16.5. The van der Waals surface area contributed by atoms with E-state index in [4.69, 9.17) is 15.6 Å². The Morgan fingerprint density at radius 3 is 2.80 bits per heavy atom. The Balaban J connectivity index is 2.43. The monoisotopic (exact) mass is 286 g/mol. The molecule has 5 nitrogen and oxygen atoms in total. The molecule has 3 N–H and O–H groups in total. The molecule has 0 aliphatic carbocycles. The van der Waals surface area contributed by atoms with Crippen LogP contribution in [0.3, 0.4) is 0 Å². The van der Waals surface area contributed by atoms with Gasteiger partial charge in [0.05, 0.1) is 25.4 Å². The number of amides is 1. The molecule has 1 fully saturated rings. The average molecular weight is 286 g/mol. The summed E-state index contributed by atoms with van der Waals surface area (Å²) in [7, 11) is 0. The molecule has 20 heavy (non-hydrogen) atoms. The zero-order chi connectivity index (χ0) is 15.0. The molecule has 0 aromatic heterocycles. The lowest BCUT2D eigenvalue weighted by Gasteiger charge is -2.37. The van der Waals surface area contributed by atoms with Gasteiger partial charge in [0, 0.05) is 13.0 Å². The molecular weight excluding hydrogens is 256 g/mol. The van der Waals surface area contributed by atoms with Crippen LogP contribution in [0.2, 0.25) is 0 Å². The highest BCUT2D eigenvalue weighted by Crippen LogP contribution is 2.19. The third-order valence-electron chi connectivity index (χ3n) is 4.07. The fourth-order valence-corrected chi connectivity index (χ4v) is 2.82. The Bertz CT molecular complexity index is 280. The zero-order valence-electron chi connectivity index (χ0n) is 12.9. The van der Waals surface area contributed by atoms with Crippen LogP contribution in [0.15, 0.2) is 0 Å². The summed E-state index contributed by atoms with van der Waals surface area (Å²) in [5.74, 6) is 0.733. The highest BCUT2D eigenvalue weighted by Gasteiger charge is 2.29. The van der Waals surface area contributed by atoms with Crippen LogP contribution >= 0.6 is 0 Å². The molecule has 0 aromatic carbocycles. The first-order chi connectivity index (χ1) is 9.62. The van der Waals surface area contributed by atoms with Gasteiger partial charge < -0.3 is 20.5 Å². The molecule has 1 rings (SSSR count). The van der Waals surface area contributed by atoms with E-state index in [2.05, 4.69) is 6.92 Å². The van der Waals surface area contributed by atoms with Crippen molar-refractivity contribution in [1.29, 1.82) is 0 Å². The number of nitrogens with zero attached hydrogens (tertiary/aromatic N) is 1. The van der Waals surface area contributed by atoms with E-state index in [9.17, 15) is 4.79 Å². The van der Waals surface area contributed by atoms with Crippen LogP contribution in [0.1, 0.15) is 46.0 Å². The summed E-state index contributed by atoms with van der Waals surface area (Å²) in [4.78, 5) is 14.2. The van der Waals surface area contributed by atoms with E-state index in [1.54, 1.807) is 0 Å². The van der Waals surface area contributed by atoms with E-state index in [1.165, 1.54) is 0 Å². The van der Waals surface area contributed by atoms with Crippen LogP contribution in [0.5, 0.6) is 0 Å². The molecule has 0 saturated carbocycles. The Morgan fingerprint density at radius 1 is 1.45 bits per heavy atom. The van der Waals surface area contributed by atoms with E-state index in [0.717, 1.165) is 25.7 Å². The third-order valence-corrected chi connectivity index (χ3v) is 4.07. The molecule has 0 bridgehead atoms. The zero-order valence-corrected chi connectivity index (χ0v) is 12.9. The fraction of sp³-hybridized carbons (Fsp3) is 0.933. The number of ether oxygens (including phenoxy) is 1. The largest absolute Gasteiger partial charge is 0.394 e. The summed E-state index contributed by atoms with van der Waals surface area (Å²) in [6.07, 6.45) is 4.54. The predicted octanol–water partition coefficient (Wildman–Crippen LogP) is 1.14. The van der Waals surface area contributed by atoms with Gasteiger partial charge in [0.2, 0.25) is 5.91 Å². The summed E-state index contributed by atoms with van der Waals surface area (Å²) in [5.41, 5.74) is 5.63. The quantitative estimate of drug-likeness (QED) is 0.701. The number of hydrogen-bond donors (Lipinski definition) is 2. The summed E-state index contributed by atoms with van der Waals surface area (Å²) in [6, 6.07) is 0.101. The molecule has 3 atom stereocenters. The lowest BCUT2D eigenvalue weighted by atomic mass is 9.94. The number of aliphatic hydroxyl groups excluding tert-OH is 1. The van der Waals surface area contributed by atoms with Gasteiger partial charge in [-0.15, -0.1) is 0 Å². The van der Waals surface area contributed by atoms with Crippen molar-refractivity contribution in [2.24, 2.45) is 11.7 Å². The van der Waals surface area contributed by atoms with Crippen molar-refractivity contribution in [2.45, 2.75) is 58.1 Å². The summed E-state index contributed by atoms with van der Waals surface area (Å²) in [5, 5.41) is 9.16. The van der Waals surface area contributed by atoms with Crippen molar-refractivity contribution in [3.63, 3.8) is 0 Å². The van der Waals surface area contributed by atoms with E-state index >= 15 is 0 Å². The van der Waals surface area contributed by atoms with Gasteiger partial charge in [-0.1, -0.05) is 19.8 Å². The summed E-state index contributed by atoms with van der Waals surface area (Å²) in [6.45, 7) is 5.85. The SMILES string of the molecule is CCCC(CCN)CCC(=O)N1CC(CO)OCC1C. The number of rotatable bonds is 8. The molecular formula is C15H30N2O3. The second kappa shape index (κ2) is 9.32. The Labute approximate surface area is 122 Å². The van der Waals surface area contributed by atoms with Crippen molar-refractivity contribution in [2.75, 3.05) is 26.3 Å². The molecule has 0 aromatic rings. The number of hydrogen-bond acceptors (Lipinski definition) is 4. The first kappa shape index (κ1) is 17.4. The molecule has 118 valence electrons. The minimum absolute atomic E-state index is 0.0257. The molecule has 0 spiro atoms. The Hall–Kier alpha value is -0.650. The van der Waals surface area contributed by atoms with E-state index in [1.807, 2.05) is 11.8 Å². The van der Waals surface area contributed by atoms with Crippen LogP contribution in [0, 0.1) is 5.92 Å². The van der Waals surface area contributed by atoms with Crippen molar-refractivity contribution in [3.05, 3.63) is 0 Å². The van der Waals surface area contributed by atoms with Gasteiger partial charge in [0.15, 0.2) is 0 Å². The maximum absolute atomic E-state index is 12.3. The van der Waals surface area contributed by atoms with Gasteiger partial charge in [-0.3, -0.25) is 4.79 Å². The molecule has 1 amide bonds. The van der Waals surface area contributed by atoms with Gasteiger partial charge in [-0.25, -0.2) is 0 Å². The number of nitrogens with two attached hydrogens (primary N) is 1. The number of aliphatic hydroxyl groups is 1. The smallest absolute Gasteiger partial charge is 0.222 e. The first-order valence-corrected chi connectivity index (χ1v) is 7.84. The second-order valence-electron chi connectivity index (χ2n) is 5.80. The Kier molecular flexibility index (Phi) is 8.11. The summed E-state index contributed by atoms with van der Waals surface area (Å²) >= 11 is 0. The molecule has 3 unspecified atom stereocenters. The maximum Gasteiger partial charge on any atom is 0.222 e. The molecule has 0 radical (unpaired) electrons. The topological polar surface area (TPSA) is 75.8 Å². The van der Waals surface area contributed by atoms with Crippen LogP contribution < -0.4 is 5.73 Å². The van der Waals surface area contributed by atoms with Gasteiger partial charge in [-0.2, -0.15) is 0 Å². The minimum Gasteiger partial charge on any atom is -0.394 e. The van der Waals surface area contributed by atoms with Crippen molar-refractivity contribution in [3.8, 4) is 0 Å². The lowest BCUT2D eigenvalue weighted by Crippen LogP contribution is -2.52. The van der Waals surface area contributed by atoms with Crippen molar-refractivity contribution in [1.82, 2.24) is 4.90 Å². The summed E-state index contributed by atoms with van der Waals surface area (Å²) < 4.78 is 5.46. The third kappa shape index (κ3) is 5.38. The van der Waals surface area contributed by atoms with E-state index < -0.39 is 0 Å². The predicted molar refractivity (Wildman–Crippen MR) is 79.3 cm³/mol. The normalized spacial score (nSPS) is 24.7. The molecule has 5 heteroatoms. The number of carbonyl (C=O) groups is 1. The van der Waals surface area contributed by atoms with Gasteiger partial charge in [0.25, 0.3) is 0 Å². The van der Waals surface area contributed by atoms with Crippen LogP contribution in [-0.4, -0.2) is 54.4 Å². The molecule has 1 saturated heterocycles. The van der Waals surface area contributed by atoms with Crippen LogP contribution in [0.25, 0.3) is 0 Å². The first-order valence-electron chi connectivity index (χ1n) is 7.84. The van der Waals surface area contributed by atoms with E-state index in [0.29, 0.717) is 32.0 Å². The van der Waals surface area contributed by atoms with Crippen LogP contribution in [0.4, 0.5) is 0 Å². The van der Waals surface area contributed by atoms with Crippen LogP contribution in [-0.2, 0) is 9.53 Å². The van der Waals surface area contributed by atoms with Gasteiger partial charge >= 0.3 is 0 Å². The Morgan fingerprint density at radius 2 is 2.20 bits per heavy atom. The van der Waals surface area contributed by atoms with Crippen molar-refractivity contribution < 1.29 is 14.6 Å².